The average molecular weight is 479 g/mol. The highest BCUT2D eigenvalue weighted by Crippen LogP contribution is 2.19. The molecule has 3 N–H and O–H groups in total. The molecule has 0 bridgehead atoms. The van der Waals surface area contributed by atoms with Gasteiger partial charge in [-0.25, -0.2) is 4.79 Å². The molecule has 0 aliphatic heterocycles. The lowest BCUT2D eigenvalue weighted by molar-refractivity contribution is -0.147. The Kier molecular flexibility index (Phi) is 10.7. The highest BCUT2D eigenvalue weighted by atomic mass is 32.2. The van der Waals surface area contributed by atoms with Gasteiger partial charge >= 0.3 is 11.7 Å². The van der Waals surface area contributed by atoms with Crippen LogP contribution in [0.3, 0.4) is 0 Å². The molecule has 0 saturated heterocycles. The number of nitrogens with two attached hydrogens (primary N) is 1. The SMILES string of the molecule is CCCCn1c(N)c(N(CCOC)C(=O)COC(=O)CCSc2ccccc2)c(=O)[nH]c1=O. The van der Waals surface area contributed by atoms with Crippen molar-refractivity contribution in [2.75, 3.05) is 43.3 Å². The molecule has 2 aromatic rings. The summed E-state index contributed by atoms with van der Waals surface area (Å²) < 4.78 is 11.4. The zero-order valence-electron chi connectivity index (χ0n) is 18.9. The second-order valence-electron chi connectivity index (χ2n) is 7.11. The Morgan fingerprint density at radius 1 is 1.21 bits per heavy atom. The van der Waals surface area contributed by atoms with Crippen molar-refractivity contribution in [2.45, 2.75) is 37.6 Å². The molecule has 0 aliphatic carbocycles. The minimum atomic E-state index is -0.791. The third-order valence-corrected chi connectivity index (χ3v) is 5.73. The summed E-state index contributed by atoms with van der Waals surface area (Å²) in [5, 5.41) is 0. The van der Waals surface area contributed by atoms with Crippen LogP contribution in [0.4, 0.5) is 11.5 Å². The summed E-state index contributed by atoms with van der Waals surface area (Å²) in [6.45, 7) is 1.79. The molecule has 0 radical (unpaired) electrons. The molecule has 1 amide bonds. The number of carbonyl (C=O) groups is 2. The van der Waals surface area contributed by atoms with Gasteiger partial charge in [-0.05, 0) is 18.6 Å². The lowest BCUT2D eigenvalue weighted by atomic mass is 10.3. The monoisotopic (exact) mass is 478 g/mol. The molecule has 1 heterocycles. The van der Waals surface area contributed by atoms with E-state index in [2.05, 4.69) is 4.98 Å². The highest BCUT2D eigenvalue weighted by Gasteiger charge is 2.25. The number of amides is 1. The molecule has 180 valence electrons. The first kappa shape index (κ1) is 26.2. The molecule has 10 nitrogen and oxygen atoms in total. The number of anilines is 2. The van der Waals surface area contributed by atoms with Gasteiger partial charge < -0.3 is 15.2 Å². The van der Waals surface area contributed by atoms with E-state index in [0.29, 0.717) is 18.7 Å². The molecule has 1 aromatic heterocycles. The molecule has 0 fully saturated rings. The Labute approximate surface area is 196 Å². The van der Waals surface area contributed by atoms with Crippen LogP contribution in [-0.4, -0.2) is 54.0 Å². The molecule has 0 aliphatic rings. The van der Waals surface area contributed by atoms with Crippen LogP contribution in [-0.2, 0) is 25.6 Å². The van der Waals surface area contributed by atoms with Crippen molar-refractivity contribution >= 4 is 35.1 Å². The maximum absolute atomic E-state index is 12.9. The van der Waals surface area contributed by atoms with Gasteiger partial charge in [0.15, 0.2) is 12.3 Å². The zero-order chi connectivity index (χ0) is 24.2. The first-order chi connectivity index (χ1) is 15.9. The molecule has 1 aromatic carbocycles. The first-order valence-corrected chi connectivity index (χ1v) is 11.6. The van der Waals surface area contributed by atoms with Crippen LogP contribution in [0.15, 0.2) is 44.8 Å². The second kappa shape index (κ2) is 13.5. The average Bonchev–Trinajstić information content (AvgIpc) is 2.80. The number of rotatable bonds is 13. The van der Waals surface area contributed by atoms with Crippen molar-refractivity contribution in [3.8, 4) is 0 Å². The van der Waals surface area contributed by atoms with Gasteiger partial charge in [-0.3, -0.25) is 28.8 Å². The third kappa shape index (κ3) is 7.79. The van der Waals surface area contributed by atoms with Crippen LogP contribution in [0.2, 0.25) is 0 Å². The summed E-state index contributed by atoms with van der Waals surface area (Å²) in [6.07, 6.45) is 1.60. The number of aromatic nitrogens is 2. The molecular weight excluding hydrogens is 448 g/mol. The smallest absolute Gasteiger partial charge is 0.330 e. The van der Waals surface area contributed by atoms with E-state index < -0.39 is 29.7 Å². The molecule has 0 spiro atoms. The van der Waals surface area contributed by atoms with Gasteiger partial charge in [0.1, 0.15) is 5.82 Å². The van der Waals surface area contributed by atoms with Crippen molar-refractivity contribution in [3.05, 3.63) is 51.2 Å². The van der Waals surface area contributed by atoms with Gasteiger partial charge in [-0.1, -0.05) is 31.5 Å². The topological polar surface area (TPSA) is 137 Å². The molecule has 11 heteroatoms. The fourth-order valence-electron chi connectivity index (χ4n) is 2.98. The van der Waals surface area contributed by atoms with Gasteiger partial charge in [0.05, 0.1) is 13.0 Å². The quantitative estimate of drug-likeness (QED) is 0.327. The van der Waals surface area contributed by atoms with E-state index >= 15 is 0 Å². The molecule has 2 rings (SSSR count). The number of thioether (sulfide) groups is 1. The summed E-state index contributed by atoms with van der Waals surface area (Å²) in [4.78, 5) is 54.0. The number of aromatic amines is 1. The maximum atomic E-state index is 12.9. The number of methoxy groups -OCH3 is 1. The predicted molar refractivity (Wildman–Crippen MR) is 128 cm³/mol. The van der Waals surface area contributed by atoms with Gasteiger partial charge in [-0.2, -0.15) is 0 Å². The number of H-pyrrole nitrogens is 1. The van der Waals surface area contributed by atoms with E-state index in [4.69, 9.17) is 15.2 Å². The van der Waals surface area contributed by atoms with Crippen LogP contribution in [0, 0.1) is 0 Å². The van der Waals surface area contributed by atoms with E-state index in [1.807, 2.05) is 37.3 Å². The van der Waals surface area contributed by atoms with E-state index in [0.717, 1.165) is 16.2 Å². The van der Waals surface area contributed by atoms with Crippen molar-refractivity contribution < 1.29 is 19.1 Å². The summed E-state index contributed by atoms with van der Waals surface area (Å²) >= 11 is 1.50. The number of esters is 1. The Morgan fingerprint density at radius 3 is 2.61 bits per heavy atom. The fraction of sp³-hybridized carbons (Fsp3) is 0.455. The third-order valence-electron chi connectivity index (χ3n) is 4.71. The summed E-state index contributed by atoms with van der Waals surface area (Å²) in [5.74, 6) is -0.797. The van der Waals surface area contributed by atoms with Crippen molar-refractivity contribution in [3.63, 3.8) is 0 Å². The van der Waals surface area contributed by atoms with Crippen molar-refractivity contribution in [1.82, 2.24) is 9.55 Å². The van der Waals surface area contributed by atoms with Crippen molar-refractivity contribution in [1.29, 1.82) is 0 Å². The molecule has 0 atom stereocenters. The maximum Gasteiger partial charge on any atom is 0.330 e. The fourth-order valence-corrected chi connectivity index (χ4v) is 3.84. The summed E-state index contributed by atoms with van der Waals surface area (Å²) in [6, 6.07) is 9.61. The van der Waals surface area contributed by atoms with Gasteiger partial charge in [-0.15, -0.1) is 11.8 Å². The van der Waals surface area contributed by atoms with Crippen LogP contribution in [0.5, 0.6) is 0 Å². The second-order valence-corrected chi connectivity index (χ2v) is 8.28. The van der Waals surface area contributed by atoms with Crippen molar-refractivity contribution in [2.24, 2.45) is 0 Å². The first-order valence-electron chi connectivity index (χ1n) is 10.6. The molecule has 0 unspecified atom stereocenters. The Balaban J connectivity index is 2.08. The number of hydrogen-bond donors (Lipinski definition) is 2. The van der Waals surface area contributed by atoms with Gasteiger partial charge in [0, 0.05) is 30.8 Å². The van der Waals surface area contributed by atoms with E-state index in [-0.39, 0.29) is 31.1 Å². The van der Waals surface area contributed by atoms with E-state index in [1.165, 1.54) is 23.4 Å². The molecule has 33 heavy (non-hydrogen) atoms. The van der Waals surface area contributed by atoms with E-state index in [9.17, 15) is 19.2 Å². The summed E-state index contributed by atoms with van der Waals surface area (Å²) in [5.41, 5.74) is 4.51. The highest BCUT2D eigenvalue weighted by molar-refractivity contribution is 7.99. The van der Waals surface area contributed by atoms with Gasteiger partial charge in [0.25, 0.3) is 11.5 Å². The lowest BCUT2D eigenvalue weighted by Crippen LogP contribution is -2.44. The molecule has 0 saturated carbocycles. The van der Waals surface area contributed by atoms with E-state index in [1.54, 1.807) is 0 Å². The number of hydrogen-bond acceptors (Lipinski definition) is 8. The number of nitrogen functional groups attached to an aromatic ring is 1. The molecular formula is C22H30N4O6S. The number of carbonyl (C=O) groups excluding carboxylic acids is 2. The van der Waals surface area contributed by atoms with Crippen LogP contribution >= 0.6 is 11.8 Å². The Bertz CT molecular complexity index is 1040. The number of ether oxygens (including phenoxy) is 2. The normalized spacial score (nSPS) is 10.7. The number of nitrogens with zero attached hydrogens (tertiary/aromatic N) is 2. The minimum Gasteiger partial charge on any atom is -0.456 e. The predicted octanol–water partition coefficient (Wildman–Crippen LogP) is 1.62. The van der Waals surface area contributed by atoms with Crippen LogP contribution < -0.4 is 21.9 Å². The largest absolute Gasteiger partial charge is 0.456 e. The number of nitrogens with one attached hydrogen (secondary N) is 1. The van der Waals surface area contributed by atoms with Gasteiger partial charge in [0.2, 0.25) is 0 Å². The standard InChI is InChI=1S/C22H30N4O6S/c1-3-4-11-26-20(23)19(21(29)24-22(26)30)25(12-13-31-2)17(27)15-32-18(28)10-14-33-16-8-6-5-7-9-16/h5-9H,3-4,10-15,23H2,1-2H3,(H,24,29,30). The zero-order valence-corrected chi connectivity index (χ0v) is 19.7. The van der Waals surface area contributed by atoms with Crippen LogP contribution in [0.1, 0.15) is 26.2 Å². The number of unbranched alkanes of at least 4 members (excludes halogenated alkanes) is 1. The lowest BCUT2D eigenvalue weighted by Gasteiger charge is -2.24. The minimum absolute atomic E-state index is 0.00396. The van der Waals surface area contributed by atoms with Crippen LogP contribution in [0.25, 0.3) is 0 Å². The number of benzene rings is 1. The Morgan fingerprint density at radius 2 is 1.94 bits per heavy atom. The Hall–Kier alpha value is -3.05. The summed E-state index contributed by atoms with van der Waals surface area (Å²) in [7, 11) is 1.45.